The highest BCUT2D eigenvalue weighted by atomic mass is 16.5. The number of hydrogen-bond acceptors (Lipinski definition) is 3. The van der Waals surface area contributed by atoms with Gasteiger partial charge in [0.05, 0.1) is 17.6 Å². The molecule has 0 aromatic carbocycles. The SMILES string of the molecule is CC1OCCC1N(C)C(=O)C(C)(C)CN. The highest BCUT2D eigenvalue weighted by Crippen LogP contribution is 2.23. The summed E-state index contributed by atoms with van der Waals surface area (Å²) in [5.74, 6) is 0.104. The van der Waals surface area contributed by atoms with E-state index in [-0.39, 0.29) is 18.1 Å². The van der Waals surface area contributed by atoms with Gasteiger partial charge < -0.3 is 15.4 Å². The highest BCUT2D eigenvalue weighted by Gasteiger charge is 2.36. The van der Waals surface area contributed by atoms with Crippen molar-refractivity contribution < 1.29 is 9.53 Å². The van der Waals surface area contributed by atoms with Crippen LogP contribution in [0.2, 0.25) is 0 Å². The quantitative estimate of drug-likeness (QED) is 0.749. The largest absolute Gasteiger partial charge is 0.376 e. The molecule has 0 saturated carbocycles. The molecule has 1 fully saturated rings. The molecule has 15 heavy (non-hydrogen) atoms. The van der Waals surface area contributed by atoms with Gasteiger partial charge in [0.2, 0.25) is 5.91 Å². The molecule has 1 aliphatic heterocycles. The first-order chi connectivity index (χ1) is 6.90. The van der Waals surface area contributed by atoms with Crippen molar-refractivity contribution in [3.05, 3.63) is 0 Å². The fourth-order valence-corrected chi connectivity index (χ4v) is 1.94. The van der Waals surface area contributed by atoms with E-state index < -0.39 is 5.41 Å². The molecular weight excluding hydrogens is 192 g/mol. The van der Waals surface area contributed by atoms with Crippen molar-refractivity contribution in [3.63, 3.8) is 0 Å². The van der Waals surface area contributed by atoms with Crippen molar-refractivity contribution in [1.29, 1.82) is 0 Å². The normalized spacial score (nSPS) is 26.7. The van der Waals surface area contributed by atoms with Gasteiger partial charge in [0.25, 0.3) is 0 Å². The lowest BCUT2D eigenvalue weighted by Crippen LogP contribution is -2.49. The van der Waals surface area contributed by atoms with Gasteiger partial charge in [0.1, 0.15) is 0 Å². The molecule has 0 spiro atoms. The molecule has 4 nitrogen and oxygen atoms in total. The summed E-state index contributed by atoms with van der Waals surface area (Å²) in [6.07, 6.45) is 1.05. The van der Waals surface area contributed by atoms with Gasteiger partial charge in [0, 0.05) is 20.2 Å². The molecule has 1 aliphatic rings. The summed E-state index contributed by atoms with van der Waals surface area (Å²) >= 11 is 0. The predicted molar refractivity (Wildman–Crippen MR) is 59.4 cm³/mol. The van der Waals surface area contributed by atoms with Crippen molar-refractivity contribution in [2.45, 2.75) is 39.3 Å². The summed E-state index contributed by atoms with van der Waals surface area (Å²) in [6.45, 7) is 6.89. The minimum absolute atomic E-state index is 0.104. The van der Waals surface area contributed by atoms with Crippen LogP contribution in [0.4, 0.5) is 0 Å². The van der Waals surface area contributed by atoms with E-state index in [1.54, 1.807) is 4.90 Å². The summed E-state index contributed by atoms with van der Waals surface area (Å²) in [4.78, 5) is 13.9. The molecule has 0 radical (unpaired) electrons. The first-order valence-electron chi connectivity index (χ1n) is 5.49. The van der Waals surface area contributed by atoms with Crippen LogP contribution in [0.25, 0.3) is 0 Å². The van der Waals surface area contributed by atoms with Crippen LogP contribution in [0.3, 0.4) is 0 Å². The van der Waals surface area contributed by atoms with E-state index in [1.807, 2.05) is 27.8 Å². The standard InChI is InChI=1S/C11H22N2O2/c1-8-9(5-6-15-8)13(4)10(14)11(2,3)7-12/h8-9H,5-7,12H2,1-4H3. The summed E-state index contributed by atoms with van der Waals surface area (Å²) < 4.78 is 5.46. The zero-order valence-corrected chi connectivity index (χ0v) is 10.1. The first kappa shape index (κ1) is 12.5. The van der Waals surface area contributed by atoms with Gasteiger partial charge in [-0.1, -0.05) is 0 Å². The molecule has 88 valence electrons. The van der Waals surface area contributed by atoms with Crippen LogP contribution in [0.15, 0.2) is 0 Å². The number of carbonyl (C=O) groups excluding carboxylic acids is 1. The second kappa shape index (κ2) is 4.49. The number of carbonyl (C=O) groups is 1. The number of amides is 1. The fraction of sp³-hybridized carbons (Fsp3) is 0.909. The summed E-state index contributed by atoms with van der Waals surface area (Å²) in [5, 5.41) is 0. The minimum atomic E-state index is -0.475. The molecule has 1 rings (SSSR count). The van der Waals surface area contributed by atoms with Gasteiger partial charge in [-0.3, -0.25) is 4.79 Å². The maximum atomic E-state index is 12.1. The topological polar surface area (TPSA) is 55.6 Å². The van der Waals surface area contributed by atoms with Gasteiger partial charge in [-0.15, -0.1) is 0 Å². The maximum Gasteiger partial charge on any atom is 0.229 e. The lowest BCUT2D eigenvalue weighted by molar-refractivity contribution is -0.141. The average Bonchev–Trinajstić information content (AvgIpc) is 2.62. The molecular formula is C11H22N2O2. The van der Waals surface area contributed by atoms with Crippen LogP contribution in [0, 0.1) is 5.41 Å². The maximum absolute atomic E-state index is 12.1. The molecule has 1 amide bonds. The van der Waals surface area contributed by atoms with Crippen LogP contribution in [-0.2, 0) is 9.53 Å². The predicted octanol–water partition coefficient (Wildman–Crippen LogP) is 0.607. The number of nitrogens with zero attached hydrogens (tertiary/aromatic N) is 1. The minimum Gasteiger partial charge on any atom is -0.376 e. The van der Waals surface area contributed by atoms with Crippen molar-refractivity contribution in [3.8, 4) is 0 Å². The van der Waals surface area contributed by atoms with E-state index in [9.17, 15) is 4.79 Å². The molecule has 4 heteroatoms. The van der Waals surface area contributed by atoms with Gasteiger partial charge >= 0.3 is 0 Å². The van der Waals surface area contributed by atoms with Gasteiger partial charge in [-0.2, -0.15) is 0 Å². The van der Waals surface area contributed by atoms with E-state index in [2.05, 4.69) is 0 Å². The molecule has 1 saturated heterocycles. The van der Waals surface area contributed by atoms with E-state index in [0.29, 0.717) is 6.54 Å². The molecule has 0 aromatic rings. The van der Waals surface area contributed by atoms with Gasteiger partial charge in [-0.05, 0) is 27.2 Å². The third-order valence-electron chi connectivity index (χ3n) is 3.24. The molecule has 2 unspecified atom stereocenters. The second-order valence-corrected chi connectivity index (χ2v) is 4.94. The van der Waals surface area contributed by atoms with E-state index in [4.69, 9.17) is 10.5 Å². The number of hydrogen-bond donors (Lipinski definition) is 1. The van der Waals surface area contributed by atoms with Crippen molar-refractivity contribution in [2.75, 3.05) is 20.2 Å². The Labute approximate surface area is 91.8 Å². The Morgan fingerprint density at radius 3 is 2.60 bits per heavy atom. The van der Waals surface area contributed by atoms with Crippen LogP contribution in [0.5, 0.6) is 0 Å². The Morgan fingerprint density at radius 2 is 2.20 bits per heavy atom. The first-order valence-corrected chi connectivity index (χ1v) is 5.49. The fourth-order valence-electron chi connectivity index (χ4n) is 1.94. The Balaban J connectivity index is 2.67. The Bertz CT molecular complexity index is 241. The van der Waals surface area contributed by atoms with E-state index >= 15 is 0 Å². The zero-order valence-electron chi connectivity index (χ0n) is 10.1. The van der Waals surface area contributed by atoms with Gasteiger partial charge in [0.15, 0.2) is 0 Å². The molecule has 0 aromatic heterocycles. The number of rotatable bonds is 3. The van der Waals surface area contributed by atoms with Crippen LogP contribution < -0.4 is 5.73 Å². The number of nitrogens with two attached hydrogens (primary N) is 1. The van der Waals surface area contributed by atoms with Gasteiger partial charge in [-0.25, -0.2) is 0 Å². The summed E-state index contributed by atoms with van der Waals surface area (Å²) in [5.41, 5.74) is 5.12. The smallest absolute Gasteiger partial charge is 0.229 e. The molecule has 0 aliphatic carbocycles. The highest BCUT2D eigenvalue weighted by molar-refractivity contribution is 5.82. The van der Waals surface area contributed by atoms with Crippen molar-refractivity contribution in [2.24, 2.45) is 11.1 Å². The molecule has 2 atom stereocenters. The van der Waals surface area contributed by atoms with E-state index in [1.165, 1.54) is 0 Å². The second-order valence-electron chi connectivity index (χ2n) is 4.94. The van der Waals surface area contributed by atoms with Crippen LogP contribution in [-0.4, -0.2) is 43.2 Å². The van der Waals surface area contributed by atoms with Crippen LogP contribution in [0.1, 0.15) is 27.2 Å². The average molecular weight is 214 g/mol. The molecule has 2 N–H and O–H groups in total. The molecule has 1 heterocycles. The third kappa shape index (κ3) is 2.49. The summed E-state index contributed by atoms with van der Waals surface area (Å²) in [7, 11) is 1.84. The Morgan fingerprint density at radius 1 is 1.60 bits per heavy atom. The summed E-state index contributed by atoms with van der Waals surface area (Å²) in [6, 6.07) is 0.198. The molecule has 0 bridgehead atoms. The van der Waals surface area contributed by atoms with Crippen molar-refractivity contribution in [1.82, 2.24) is 4.90 Å². The Kier molecular flexibility index (Phi) is 3.73. The third-order valence-corrected chi connectivity index (χ3v) is 3.24. The van der Waals surface area contributed by atoms with Crippen molar-refractivity contribution >= 4 is 5.91 Å². The monoisotopic (exact) mass is 214 g/mol. The van der Waals surface area contributed by atoms with E-state index in [0.717, 1.165) is 13.0 Å². The number of likely N-dealkylation sites (N-methyl/N-ethyl adjacent to an activating group) is 1. The lowest BCUT2D eigenvalue weighted by Gasteiger charge is -2.33. The zero-order chi connectivity index (χ0) is 11.6. The lowest BCUT2D eigenvalue weighted by atomic mass is 9.91. The van der Waals surface area contributed by atoms with Crippen LogP contribution >= 0.6 is 0 Å². The Hall–Kier alpha value is -0.610. The number of ether oxygens (including phenoxy) is 1.